The van der Waals surface area contributed by atoms with Crippen LogP contribution in [0, 0.1) is 5.82 Å². The van der Waals surface area contributed by atoms with Crippen LogP contribution in [0.1, 0.15) is 17.2 Å². The summed E-state index contributed by atoms with van der Waals surface area (Å²) >= 11 is 1.27. The molecule has 0 aliphatic carbocycles. The second-order valence-electron chi connectivity index (χ2n) is 8.98. The van der Waals surface area contributed by atoms with Crippen LogP contribution in [0.5, 0.6) is 0 Å². The molecule has 0 radical (unpaired) electrons. The molecule has 3 aromatic carbocycles. The van der Waals surface area contributed by atoms with Crippen molar-refractivity contribution in [1.82, 2.24) is 9.80 Å². The number of nitrogens with zero attached hydrogens (tertiary/aromatic N) is 5. The number of rotatable bonds is 4. The number of hydrogen-bond acceptors (Lipinski definition) is 6. The number of carbonyl (C=O) groups is 2. The zero-order valence-electron chi connectivity index (χ0n) is 20.0. The van der Waals surface area contributed by atoms with Crippen molar-refractivity contribution < 1.29 is 14.0 Å². The molecule has 37 heavy (non-hydrogen) atoms. The quantitative estimate of drug-likeness (QED) is 0.524. The summed E-state index contributed by atoms with van der Waals surface area (Å²) in [7, 11) is 0. The molecule has 0 N–H and O–H groups in total. The number of aliphatic imine (C=N–C) groups is 2. The highest BCUT2D eigenvalue weighted by Crippen LogP contribution is 2.37. The molecule has 3 aromatic rings. The number of anilines is 1. The number of amides is 2. The summed E-state index contributed by atoms with van der Waals surface area (Å²) in [5.74, 6) is 0.317. The fourth-order valence-corrected chi connectivity index (χ4v) is 5.69. The molecule has 0 bridgehead atoms. The van der Waals surface area contributed by atoms with Crippen molar-refractivity contribution in [3.63, 3.8) is 0 Å². The third-order valence-electron chi connectivity index (χ3n) is 6.73. The van der Waals surface area contributed by atoms with Gasteiger partial charge in [-0.3, -0.25) is 9.59 Å². The van der Waals surface area contributed by atoms with Crippen LogP contribution in [-0.2, 0) is 9.59 Å². The highest BCUT2D eigenvalue weighted by Gasteiger charge is 2.42. The van der Waals surface area contributed by atoms with Crippen LogP contribution >= 0.6 is 11.8 Å². The summed E-state index contributed by atoms with van der Waals surface area (Å²) in [6.45, 7) is 2.52. The van der Waals surface area contributed by atoms with Gasteiger partial charge in [0.25, 0.3) is 5.91 Å². The maximum Gasteiger partial charge on any atom is 0.263 e. The Bertz CT molecular complexity index is 1400. The summed E-state index contributed by atoms with van der Waals surface area (Å²) in [6.07, 6.45) is 0. The first kappa shape index (κ1) is 23.4. The maximum atomic E-state index is 13.5. The van der Waals surface area contributed by atoms with Crippen LogP contribution in [0.2, 0.25) is 0 Å². The number of piperazine rings is 1. The highest BCUT2D eigenvalue weighted by atomic mass is 32.2. The van der Waals surface area contributed by atoms with E-state index in [4.69, 9.17) is 9.98 Å². The number of thioether (sulfide) groups is 1. The van der Waals surface area contributed by atoms with Crippen LogP contribution in [-0.4, -0.2) is 64.5 Å². The number of fused-ring (bicyclic) bond motifs is 3. The van der Waals surface area contributed by atoms with Crippen LogP contribution in [0.25, 0.3) is 0 Å². The lowest BCUT2D eigenvalue weighted by Gasteiger charge is -2.36. The Labute approximate surface area is 218 Å². The number of halogens is 1. The minimum Gasteiger partial charge on any atom is -0.368 e. The molecule has 3 aliphatic heterocycles. The summed E-state index contributed by atoms with van der Waals surface area (Å²) in [6, 6.07) is 22.9. The van der Waals surface area contributed by atoms with E-state index in [9.17, 15) is 14.0 Å². The van der Waals surface area contributed by atoms with E-state index in [1.165, 1.54) is 23.9 Å². The fourth-order valence-electron chi connectivity index (χ4n) is 4.78. The SMILES string of the molecule is O=C(CSC1=Nc2ccccc2C2=N[C@@H](c3ccccc3)C(=O)N12)N1CCN(c2ccc(F)cc2)CC1. The fraction of sp³-hybridized carbons (Fsp3) is 0.214. The van der Waals surface area contributed by atoms with Crippen molar-refractivity contribution in [3.05, 3.63) is 95.8 Å². The normalized spacial score (nSPS) is 18.8. The minimum absolute atomic E-state index is 0.00458. The van der Waals surface area contributed by atoms with E-state index in [2.05, 4.69) is 4.90 Å². The zero-order valence-corrected chi connectivity index (χ0v) is 20.8. The first-order valence-corrected chi connectivity index (χ1v) is 13.1. The van der Waals surface area contributed by atoms with Gasteiger partial charge in [-0.1, -0.05) is 54.2 Å². The van der Waals surface area contributed by atoms with Crippen LogP contribution in [0.3, 0.4) is 0 Å². The highest BCUT2D eigenvalue weighted by molar-refractivity contribution is 8.14. The molecule has 0 aromatic heterocycles. The first-order chi connectivity index (χ1) is 18.1. The molecule has 3 heterocycles. The molecule has 1 fully saturated rings. The van der Waals surface area contributed by atoms with E-state index in [-0.39, 0.29) is 23.4 Å². The van der Waals surface area contributed by atoms with Gasteiger partial charge in [-0.05, 0) is 42.0 Å². The first-order valence-electron chi connectivity index (χ1n) is 12.1. The van der Waals surface area contributed by atoms with Crippen LogP contribution in [0.4, 0.5) is 15.8 Å². The Morgan fingerprint density at radius 3 is 2.38 bits per heavy atom. The monoisotopic (exact) mass is 513 g/mol. The Morgan fingerprint density at radius 1 is 0.919 bits per heavy atom. The third kappa shape index (κ3) is 4.51. The van der Waals surface area contributed by atoms with Crippen molar-refractivity contribution >= 4 is 46.0 Å². The second kappa shape index (κ2) is 9.82. The summed E-state index contributed by atoms with van der Waals surface area (Å²) in [4.78, 5) is 41.6. The number of benzene rings is 3. The Hall–Kier alpha value is -3.98. The van der Waals surface area contributed by atoms with E-state index in [0.29, 0.717) is 37.2 Å². The lowest BCUT2D eigenvalue weighted by Crippen LogP contribution is -2.49. The maximum absolute atomic E-state index is 13.5. The average molecular weight is 514 g/mol. The van der Waals surface area contributed by atoms with Crippen molar-refractivity contribution in [2.24, 2.45) is 9.98 Å². The predicted molar refractivity (Wildman–Crippen MR) is 144 cm³/mol. The van der Waals surface area contributed by atoms with E-state index in [1.54, 1.807) is 17.0 Å². The Morgan fingerprint density at radius 2 is 1.62 bits per heavy atom. The molecule has 0 spiro atoms. The zero-order chi connectivity index (χ0) is 25.4. The van der Waals surface area contributed by atoms with E-state index in [1.807, 2.05) is 59.5 Å². The molecule has 2 amide bonds. The van der Waals surface area contributed by atoms with Gasteiger partial charge in [0.15, 0.2) is 11.2 Å². The van der Waals surface area contributed by atoms with Gasteiger partial charge in [0.1, 0.15) is 11.7 Å². The molecule has 186 valence electrons. The van der Waals surface area contributed by atoms with Crippen LogP contribution in [0.15, 0.2) is 88.8 Å². The Kier molecular flexibility index (Phi) is 6.21. The Balaban J connectivity index is 1.16. The molecule has 0 unspecified atom stereocenters. The van der Waals surface area contributed by atoms with Gasteiger partial charge in [0.05, 0.1) is 11.4 Å². The summed E-state index contributed by atoms with van der Waals surface area (Å²) in [5.41, 5.74) is 3.32. The average Bonchev–Trinajstić information content (AvgIpc) is 3.30. The number of amidine groups is 2. The lowest BCUT2D eigenvalue weighted by molar-refractivity contribution is -0.128. The molecule has 7 nitrogen and oxygen atoms in total. The van der Waals surface area contributed by atoms with E-state index < -0.39 is 6.04 Å². The van der Waals surface area contributed by atoms with E-state index >= 15 is 0 Å². The summed E-state index contributed by atoms with van der Waals surface area (Å²) < 4.78 is 13.2. The standard InChI is InChI=1S/C28H24FN5O2S/c29-20-10-12-21(13-11-20)32-14-16-33(17-15-32)24(35)18-37-28-30-23-9-5-4-8-22(23)26-31-25(27(36)34(26)28)19-6-2-1-3-7-19/h1-13,25H,14-18H2/t25-/m0/s1. The van der Waals surface area contributed by atoms with Gasteiger partial charge in [0, 0.05) is 37.4 Å². The van der Waals surface area contributed by atoms with Crippen molar-refractivity contribution in [1.29, 1.82) is 0 Å². The van der Waals surface area contributed by atoms with Gasteiger partial charge in [-0.15, -0.1) is 0 Å². The molecular formula is C28H24FN5O2S. The van der Waals surface area contributed by atoms with Crippen molar-refractivity contribution in [2.45, 2.75) is 6.04 Å². The summed E-state index contributed by atoms with van der Waals surface area (Å²) in [5, 5.41) is 0.471. The second-order valence-corrected chi connectivity index (χ2v) is 9.93. The smallest absolute Gasteiger partial charge is 0.263 e. The molecule has 0 saturated carbocycles. The minimum atomic E-state index is -0.636. The molecule has 1 atom stereocenters. The number of carbonyl (C=O) groups excluding carboxylic acids is 2. The molecule has 6 rings (SSSR count). The largest absolute Gasteiger partial charge is 0.368 e. The molecular weight excluding hydrogens is 489 g/mol. The lowest BCUT2D eigenvalue weighted by atomic mass is 10.1. The molecule has 9 heteroatoms. The van der Waals surface area contributed by atoms with E-state index in [0.717, 1.165) is 22.5 Å². The van der Waals surface area contributed by atoms with Crippen molar-refractivity contribution in [2.75, 3.05) is 36.8 Å². The topological polar surface area (TPSA) is 68.6 Å². The van der Waals surface area contributed by atoms with Gasteiger partial charge in [0.2, 0.25) is 5.91 Å². The van der Waals surface area contributed by atoms with Gasteiger partial charge < -0.3 is 9.80 Å². The predicted octanol–water partition coefficient (Wildman–Crippen LogP) is 4.24. The molecule has 1 saturated heterocycles. The van der Waals surface area contributed by atoms with Gasteiger partial charge in [-0.25, -0.2) is 19.3 Å². The van der Waals surface area contributed by atoms with Gasteiger partial charge in [-0.2, -0.15) is 0 Å². The van der Waals surface area contributed by atoms with Gasteiger partial charge >= 0.3 is 0 Å². The van der Waals surface area contributed by atoms with Crippen molar-refractivity contribution in [3.8, 4) is 0 Å². The molecule has 3 aliphatic rings. The third-order valence-corrected chi connectivity index (χ3v) is 7.66. The number of para-hydroxylation sites is 1. The van der Waals surface area contributed by atoms with Crippen LogP contribution < -0.4 is 4.90 Å². The number of hydrogen-bond donors (Lipinski definition) is 0.